The van der Waals surface area contributed by atoms with Crippen LogP contribution in [0.3, 0.4) is 0 Å². The molecule has 1 aromatic heterocycles. The third-order valence-corrected chi connectivity index (χ3v) is 5.43. The summed E-state index contributed by atoms with van der Waals surface area (Å²) >= 11 is 0.907. The van der Waals surface area contributed by atoms with Gasteiger partial charge >= 0.3 is 11.0 Å². The van der Waals surface area contributed by atoms with Gasteiger partial charge in [-0.05, 0) is 52.6 Å². The number of nitrogens with one attached hydrogen (secondary N) is 1. The van der Waals surface area contributed by atoms with Gasteiger partial charge in [-0.2, -0.15) is 17.5 Å². The predicted octanol–water partition coefficient (Wildman–Crippen LogP) is 6.20. The zero-order valence-corrected chi connectivity index (χ0v) is 18.1. The van der Waals surface area contributed by atoms with Gasteiger partial charge in [-0.1, -0.05) is 54.6 Å². The Balaban J connectivity index is 1.38. The molecule has 8 heteroatoms. The summed E-state index contributed by atoms with van der Waals surface area (Å²) in [6.07, 6.45) is -0.326. The van der Waals surface area contributed by atoms with Crippen molar-refractivity contribution in [2.75, 3.05) is 6.61 Å². The van der Waals surface area contributed by atoms with Gasteiger partial charge < -0.3 is 4.74 Å². The minimum atomic E-state index is -4.34. The van der Waals surface area contributed by atoms with Crippen LogP contribution in [0.15, 0.2) is 83.7 Å². The molecule has 33 heavy (non-hydrogen) atoms. The van der Waals surface area contributed by atoms with Gasteiger partial charge in [-0.15, -0.1) is 0 Å². The lowest BCUT2D eigenvalue weighted by Gasteiger charge is -2.08. The molecule has 0 spiro atoms. The van der Waals surface area contributed by atoms with Gasteiger partial charge in [0.15, 0.2) is 0 Å². The van der Waals surface area contributed by atoms with Gasteiger partial charge in [0.2, 0.25) is 0 Å². The summed E-state index contributed by atoms with van der Waals surface area (Å²) in [4.78, 5) is 13.8. The van der Waals surface area contributed by atoms with E-state index in [1.54, 1.807) is 12.2 Å². The first-order valence-corrected chi connectivity index (χ1v) is 10.8. The molecule has 4 rings (SSSR count). The first-order chi connectivity index (χ1) is 15.9. The standard InChI is InChI=1S/C25H19F3N2O2S/c26-25(27,28)21-11-9-17(10-12-21)5-3-13-32-22-8-2-7-20(16-22)19-6-1-4-18(14-19)15-23-29-24(31)33-30-23/h1-12,14,16H,13,15H2,(H,29,30,31). The van der Waals surface area contributed by atoms with Crippen molar-refractivity contribution in [1.82, 2.24) is 9.36 Å². The van der Waals surface area contributed by atoms with Crippen LogP contribution in [0.1, 0.15) is 22.5 Å². The van der Waals surface area contributed by atoms with Crippen molar-refractivity contribution in [3.63, 3.8) is 0 Å². The molecule has 0 aliphatic rings. The molecule has 0 aliphatic heterocycles. The Kier molecular flexibility index (Phi) is 6.74. The van der Waals surface area contributed by atoms with Gasteiger partial charge in [0, 0.05) is 18.0 Å². The summed E-state index contributed by atoms with van der Waals surface area (Å²) in [7, 11) is 0. The number of H-pyrrole nitrogens is 1. The van der Waals surface area contributed by atoms with Crippen molar-refractivity contribution < 1.29 is 17.9 Å². The average Bonchev–Trinajstić information content (AvgIpc) is 3.21. The molecule has 0 saturated carbocycles. The van der Waals surface area contributed by atoms with Gasteiger partial charge in [-0.3, -0.25) is 9.78 Å². The second kappa shape index (κ2) is 9.87. The summed E-state index contributed by atoms with van der Waals surface area (Å²) in [6, 6.07) is 20.6. The van der Waals surface area contributed by atoms with Crippen LogP contribution in [0.25, 0.3) is 17.2 Å². The van der Waals surface area contributed by atoms with Crippen molar-refractivity contribution in [3.05, 3.63) is 111 Å². The Morgan fingerprint density at radius 3 is 2.39 bits per heavy atom. The zero-order valence-electron chi connectivity index (χ0n) is 17.3. The number of hydrogen-bond acceptors (Lipinski definition) is 4. The van der Waals surface area contributed by atoms with E-state index >= 15 is 0 Å². The van der Waals surface area contributed by atoms with E-state index in [0.717, 1.165) is 40.4 Å². The molecule has 4 nitrogen and oxygen atoms in total. The highest BCUT2D eigenvalue weighted by atomic mass is 32.1. The fourth-order valence-corrected chi connectivity index (χ4v) is 3.73. The monoisotopic (exact) mass is 468 g/mol. The molecular formula is C25H19F3N2O2S. The number of nitrogens with zero attached hydrogens (tertiary/aromatic N) is 1. The summed E-state index contributed by atoms with van der Waals surface area (Å²) in [5, 5.41) is 0. The van der Waals surface area contributed by atoms with E-state index in [2.05, 4.69) is 9.36 Å². The second-order valence-corrected chi connectivity index (χ2v) is 8.02. The number of hydrogen-bond donors (Lipinski definition) is 1. The first kappa shape index (κ1) is 22.5. The lowest BCUT2D eigenvalue weighted by atomic mass is 10.0. The van der Waals surface area contributed by atoms with Gasteiger partial charge in [0.05, 0.1) is 5.56 Å². The summed E-state index contributed by atoms with van der Waals surface area (Å²) in [5.41, 5.74) is 3.01. The molecule has 0 bridgehead atoms. The fourth-order valence-electron chi connectivity index (χ4n) is 3.27. The van der Waals surface area contributed by atoms with Crippen molar-refractivity contribution in [2.45, 2.75) is 12.6 Å². The van der Waals surface area contributed by atoms with E-state index in [1.807, 2.05) is 48.5 Å². The number of alkyl halides is 3. The Hall–Kier alpha value is -3.65. The van der Waals surface area contributed by atoms with Crippen LogP contribution >= 0.6 is 11.5 Å². The van der Waals surface area contributed by atoms with Crippen LogP contribution in [-0.4, -0.2) is 16.0 Å². The number of aromatic amines is 1. The van der Waals surface area contributed by atoms with Crippen molar-refractivity contribution in [1.29, 1.82) is 0 Å². The summed E-state index contributed by atoms with van der Waals surface area (Å²) in [5.74, 6) is 1.32. The molecule has 4 aromatic rings. The first-order valence-electron chi connectivity index (χ1n) is 10.1. The SMILES string of the molecule is O=c1[nH]c(Cc2cccc(-c3cccc(OCC=Cc4ccc(C(F)(F)F)cc4)c3)c2)ns1. The van der Waals surface area contributed by atoms with E-state index < -0.39 is 11.7 Å². The van der Waals surface area contributed by atoms with Crippen LogP contribution < -0.4 is 9.61 Å². The van der Waals surface area contributed by atoms with Crippen LogP contribution in [0.4, 0.5) is 13.2 Å². The van der Waals surface area contributed by atoms with Crippen molar-refractivity contribution in [2.24, 2.45) is 0 Å². The van der Waals surface area contributed by atoms with E-state index in [-0.39, 0.29) is 11.5 Å². The smallest absolute Gasteiger partial charge is 0.416 e. The minimum Gasteiger partial charge on any atom is -0.490 e. The molecular weight excluding hydrogens is 449 g/mol. The second-order valence-electron chi connectivity index (χ2n) is 7.28. The fraction of sp³-hybridized carbons (Fsp3) is 0.120. The molecule has 1 heterocycles. The quantitative estimate of drug-likeness (QED) is 0.351. The number of aromatic nitrogens is 2. The Morgan fingerprint density at radius 2 is 1.70 bits per heavy atom. The van der Waals surface area contributed by atoms with E-state index in [9.17, 15) is 18.0 Å². The Morgan fingerprint density at radius 1 is 0.970 bits per heavy atom. The van der Waals surface area contributed by atoms with Crippen molar-refractivity contribution >= 4 is 17.6 Å². The maximum Gasteiger partial charge on any atom is 0.416 e. The van der Waals surface area contributed by atoms with E-state index in [0.29, 0.717) is 23.6 Å². The molecule has 0 fully saturated rings. The number of rotatable bonds is 7. The van der Waals surface area contributed by atoms with Gasteiger partial charge in [0.25, 0.3) is 0 Å². The molecule has 0 aliphatic carbocycles. The van der Waals surface area contributed by atoms with Crippen LogP contribution in [-0.2, 0) is 12.6 Å². The maximum absolute atomic E-state index is 12.6. The largest absolute Gasteiger partial charge is 0.490 e. The summed E-state index contributed by atoms with van der Waals surface area (Å²) in [6.45, 7) is 0.279. The molecule has 1 N–H and O–H groups in total. The highest BCUT2D eigenvalue weighted by Crippen LogP contribution is 2.29. The third kappa shape index (κ3) is 6.20. The van der Waals surface area contributed by atoms with E-state index in [4.69, 9.17) is 4.74 Å². The third-order valence-electron chi connectivity index (χ3n) is 4.85. The average molecular weight is 469 g/mol. The highest BCUT2D eigenvalue weighted by molar-refractivity contribution is 7.02. The summed E-state index contributed by atoms with van der Waals surface area (Å²) < 4.78 is 47.8. The Labute approximate surface area is 192 Å². The minimum absolute atomic E-state index is 0.168. The molecule has 0 saturated heterocycles. The predicted molar refractivity (Wildman–Crippen MR) is 123 cm³/mol. The number of ether oxygens (including phenoxy) is 1. The number of benzene rings is 3. The lowest BCUT2D eigenvalue weighted by Crippen LogP contribution is -2.03. The highest BCUT2D eigenvalue weighted by Gasteiger charge is 2.29. The topological polar surface area (TPSA) is 55.0 Å². The molecule has 3 aromatic carbocycles. The molecule has 0 atom stereocenters. The molecule has 0 radical (unpaired) electrons. The zero-order chi connectivity index (χ0) is 23.3. The van der Waals surface area contributed by atoms with Gasteiger partial charge in [-0.25, -0.2) is 0 Å². The molecule has 168 valence electrons. The molecule has 0 unspecified atom stereocenters. The van der Waals surface area contributed by atoms with Crippen LogP contribution in [0.2, 0.25) is 0 Å². The normalized spacial score (nSPS) is 11.7. The number of halogens is 3. The maximum atomic E-state index is 12.6. The van der Waals surface area contributed by atoms with Crippen LogP contribution in [0.5, 0.6) is 5.75 Å². The van der Waals surface area contributed by atoms with E-state index in [1.165, 1.54) is 12.1 Å². The Bertz CT molecular complexity index is 1310. The molecule has 0 amide bonds. The van der Waals surface area contributed by atoms with Crippen LogP contribution in [0, 0.1) is 0 Å². The van der Waals surface area contributed by atoms with Crippen molar-refractivity contribution in [3.8, 4) is 16.9 Å². The lowest BCUT2D eigenvalue weighted by molar-refractivity contribution is -0.137. The van der Waals surface area contributed by atoms with Gasteiger partial charge in [0.1, 0.15) is 18.2 Å².